The maximum absolute atomic E-state index is 12.6. The van der Waals surface area contributed by atoms with Gasteiger partial charge < -0.3 is 15.1 Å². The second-order valence-corrected chi connectivity index (χ2v) is 5.59. The van der Waals surface area contributed by atoms with Crippen molar-refractivity contribution in [2.45, 2.75) is 51.6 Å². The molecule has 116 valence electrons. The molecule has 0 bridgehead atoms. The number of halogens is 1. The van der Waals surface area contributed by atoms with Gasteiger partial charge in [0.15, 0.2) is 0 Å². The van der Waals surface area contributed by atoms with Gasteiger partial charge in [-0.25, -0.2) is 0 Å². The highest BCUT2D eigenvalue weighted by atomic mass is 35.5. The van der Waals surface area contributed by atoms with Gasteiger partial charge in [0.25, 0.3) is 0 Å². The van der Waals surface area contributed by atoms with Crippen molar-refractivity contribution in [2.75, 3.05) is 26.2 Å². The fourth-order valence-electron chi connectivity index (χ4n) is 3.03. The zero-order valence-electron chi connectivity index (χ0n) is 12.4. The zero-order valence-corrected chi connectivity index (χ0v) is 13.2. The molecule has 2 aliphatic rings. The van der Waals surface area contributed by atoms with Crippen LogP contribution in [0.1, 0.15) is 39.5 Å². The van der Waals surface area contributed by atoms with E-state index in [0.29, 0.717) is 12.5 Å². The van der Waals surface area contributed by atoms with Gasteiger partial charge >= 0.3 is 0 Å². The second kappa shape index (κ2) is 7.84. The summed E-state index contributed by atoms with van der Waals surface area (Å²) in [4.78, 5) is 28.3. The summed E-state index contributed by atoms with van der Waals surface area (Å²) >= 11 is 0. The Balaban J connectivity index is 0.00000200. The predicted molar refractivity (Wildman–Crippen MR) is 80.9 cm³/mol. The van der Waals surface area contributed by atoms with Crippen LogP contribution in [0.5, 0.6) is 0 Å². The molecule has 0 aromatic rings. The standard InChI is InChI=1S/C14H25N3O2.ClH/c1-3-13(18)17-8-5-4-6-12(17)14(19)16-9-7-15-11(2)10-16;/h11-12,15H,3-10H2,1-2H3;1H. The molecule has 2 unspecified atom stereocenters. The number of rotatable bonds is 2. The molecule has 0 saturated carbocycles. The fourth-order valence-corrected chi connectivity index (χ4v) is 3.03. The maximum Gasteiger partial charge on any atom is 0.245 e. The van der Waals surface area contributed by atoms with Crippen molar-refractivity contribution < 1.29 is 9.59 Å². The van der Waals surface area contributed by atoms with Crippen LogP contribution in [0.2, 0.25) is 0 Å². The molecule has 1 N–H and O–H groups in total. The van der Waals surface area contributed by atoms with Crippen LogP contribution in [0.4, 0.5) is 0 Å². The van der Waals surface area contributed by atoms with Gasteiger partial charge in [-0.1, -0.05) is 6.92 Å². The number of hydrogen-bond donors (Lipinski definition) is 1. The second-order valence-electron chi connectivity index (χ2n) is 5.59. The van der Waals surface area contributed by atoms with E-state index >= 15 is 0 Å². The van der Waals surface area contributed by atoms with Crippen molar-refractivity contribution >= 4 is 24.2 Å². The minimum atomic E-state index is -0.216. The Bertz CT molecular complexity index is 351. The van der Waals surface area contributed by atoms with E-state index in [1.807, 2.05) is 11.8 Å². The summed E-state index contributed by atoms with van der Waals surface area (Å²) < 4.78 is 0. The molecule has 2 fully saturated rings. The third kappa shape index (κ3) is 3.85. The minimum absolute atomic E-state index is 0. The van der Waals surface area contributed by atoms with Gasteiger partial charge in [0.1, 0.15) is 6.04 Å². The van der Waals surface area contributed by atoms with Crippen molar-refractivity contribution in [1.29, 1.82) is 0 Å². The van der Waals surface area contributed by atoms with Crippen LogP contribution in [0, 0.1) is 0 Å². The average molecular weight is 304 g/mol. The molecule has 2 aliphatic heterocycles. The smallest absolute Gasteiger partial charge is 0.245 e. The molecule has 0 spiro atoms. The summed E-state index contributed by atoms with van der Waals surface area (Å²) in [5, 5.41) is 3.34. The SMILES string of the molecule is CCC(=O)N1CCCCC1C(=O)N1CCNC(C)C1.Cl. The number of nitrogens with zero attached hydrogens (tertiary/aromatic N) is 2. The first-order valence-corrected chi connectivity index (χ1v) is 7.45. The molecule has 0 aromatic heterocycles. The molecule has 2 rings (SSSR count). The summed E-state index contributed by atoms with van der Waals surface area (Å²) in [5.74, 6) is 0.260. The van der Waals surface area contributed by atoms with E-state index in [2.05, 4.69) is 12.2 Å². The Kier molecular flexibility index (Phi) is 6.76. The number of piperazine rings is 1. The van der Waals surface area contributed by atoms with E-state index in [9.17, 15) is 9.59 Å². The number of piperidine rings is 1. The molecule has 6 heteroatoms. The highest BCUT2D eigenvalue weighted by Crippen LogP contribution is 2.20. The topological polar surface area (TPSA) is 52.7 Å². The summed E-state index contributed by atoms with van der Waals surface area (Å²) in [7, 11) is 0. The van der Waals surface area contributed by atoms with Crippen molar-refractivity contribution in [2.24, 2.45) is 0 Å². The lowest BCUT2D eigenvalue weighted by Gasteiger charge is -2.40. The number of carbonyl (C=O) groups is 2. The first-order valence-electron chi connectivity index (χ1n) is 7.45. The molecule has 2 atom stereocenters. The van der Waals surface area contributed by atoms with Crippen LogP contribution in [-0.4, -0.2) is 59.9 Å². The Labute approximate surface area is 127 Å². The van der Waals surface area contributed by atoms with Crippen molar-refractivity contribution in [3.63, 3.8) is 0 Å². The van der Waals surface area contributed by atoms with Gasteiger partial charge in [-0.2, -0.15) is 0 Å². The molecule has 0 aliphatic carbocycles. The van der Waals surface area contributed by atoms with Gasteiger partial charge in [0, 0.05) is 38.6 Å². The quantitative estimate of drug-likeness (QED) is 0.829. The Hall–Kier alpha value is -0.810. The van der Waals surface area contributed by atoms with Crippen molar-refractivity contribution in [1.82, 2.24) is 15.1 Å². The molecular formula is C14H26ClN3O2. The van der Waals surface area contributed by atoms with E-state index in [1.54, 1.807) is 4.90 Å². The number of amides is 2. The number of likely N-dealkylation sites (tertiary alicyclic amines) is 1. The van der Waals surface area contributed by atoms with Crippen LogP contribution >= 0.6 is 12.4 Å². The zero-order chi connectivity index (χ0) is 13.8. The van der Waals surface area contributed by atoms with Crippen LogP contribution in [0.15, 0.2) is 0 Å². The molecule has 5 nitrogen and oxygen atoms in total. The van der Waals surface area contributed by atoms with Crippen LogP contribution < -0.4 is 5.32 Å². The molecule has 0 aromatic carbocycles. The van der Waals surface area contributed by atoms with E-state index in [1.165, 1.54) is 0 Å². The third-order valence-electron chi connectivity index (χ3n) is 4.09. The van der Waals surface area contributed by atoms with E-state index in [-0.39, 0.29) is 30.3 Å². The number of nitrogens with one attached hydrogen (secondary N) is 1. The summed E-state index contributed by atoms with van der Waals surface area (Å²) in [6.07, 6.45) is 3.38. The highest BCUT2D eigenvalue weighted by molar-refractivity contribution is 5.88. The normalized spacial score (nSPS) is 26.9. The Morgan fingerprint density at radius 1 is 1.25 bits per heavy atom. The Morgan fingerprint density at radius 2 is 2.00 bits per heavy atom. The molecule has 20 heavy (non-hydrogen) atoms. The minimum Gasteiger partial charge on any atom is -0.338 e. The van der Waals surface area contributed by atoms with Gasteiger partial charge in [0.2, 0.25) is 11.8 Å². The highest BCUT2D eigenvalue weighted by Gasteiger charge is 2.35. The number of carbonyl (C=O) groups excluding carboxylic acids is 2. The van der Waals surface area contributed by atoms with Crippen molar-refractivity contribution in [3.05, 3.63) is 0 Å². The third-order valence-corrected chi connectivity index (χ3v) is 4.09. The first kappa shape index (κ1) is 17.2. The van der Waals surface area contributed by atoms with Gasteiger partial charge in [-0.3, -0.25) is 9.59 Å². The molecule has 2 heterocycles. The molecular weight excluding hydrogens is 278 g/mol. The summed E-state index contributed by atoms with van der Waals surface area (Å²) in [5.41, 5.74) is 0. The number of hydrogen-bond acceptors (Lipinski definition) is 3. The maximum atomic E-state index is 12.6. The fraction of sp³-hybridized carbons (Fsp3) is 0.857. The summed E-state index contributed by atoms with van der Waals surface area (Å²) in [6.45, 7) is 7.06. The van der Waals surface area contributed by atoms with Crippen LogP contribution in [0.25, 0.3) is 0 Å². The van der Waals surface area contributed by atoms with Gasteiger partial charge in [-0.15, -0.1) is 12.4 Å². The monoisotopic (exact) mass is 303 g/mol. The van der Waals surface area contributed by atoms with E-state index < -0.39 is 0 Å². The lowest BCUT2D eigenvalue weighted by Crippen LogP contribution is -2.58. The summed E-state index contributed by atoms with van der Waals surface area (Å²) in [6, 6.07) is 0.128. The molecule has 2 amide bonds. The lowest BCUT2D eigenvalue weighted by atomic mass is 9.99. The van der Waals surface area contributed by atoms with Crippen LogP contribution in [0.3, 0.4) is 0 Å². The average Bonchev–Trinajstić information content (AvgIpc) is 2.45. The van der Waals surface area contributed by atoms with Crippen molar-refractivity contribution in [3.8, 4) is 0 Å². The van der Waals surface area contributed by atoms with Crippen LogP contribution in [-0.2, 0) is 9.59 Å². The lowest BCUT2D eigenvalue weighted by molar-refractivity contribution is -0.148. The Morgan fingerprint density at radius 3 is 2.65 bits per heavy atom. The van der Waals surface area contributed by atoms with Gasteiger partial charge in [0.05, 0.1) is 0 Å². The molecule has 2 saturated heterocycles. The molecule has 0 radical (unpaired) electrons. The predicted octanol–water partition coefficient (Wildman–Crippen LogP) is 1.02. The first-order chi connectivity index (χ1) is 9.13. The van der Waals surface area contributed by atoms with E-state index in [4.69, 9.17) is 0 Å². The van der Waals surface area contributed by atoms with Gasteiger partial charge in [-0.05, 0) is 26.2 Å². The largest absolute Gasteiger partial charge is 0.338 e. The van der Waals surface area contributed by atoms with E-state index in [0.717, 1.165) is 45.4 Å².